The summed E-state index contributed by atoms with van der Waals surface area (Å²) in [7, 11) is 1.78. The van der Waals surface area contributed by atoms with Crippen LogP contribution in [0.4, 0.5) is 11.5 Å². The van der Waals surface area contributed by atoms with Crippen molar-refractivity contribution in [3.8, 4) is 23.4 Å². The summed E-state index contributed by atoms with van der Waals surface area (Å²) in [6, 6.07) is 5.52. The van der Waals surface area contributed by atoms with Gasteiger partial charge in [0.05, 0.1) is 36.4 Å². The summed E-state index contributed by atoms with van der Waals surface area (Å²) in [5.41, 5.74) is 1.80. The number of carbonyl (C=O) groups excluding carboxylic acids is 2. The van der Waals surface area contributed by atoms with Crippen molar-refractivity contribution in [3.63, 3.8) is 0 Å². The third-order valence-electron chi connectivity index (χ3n) is 4.75. The monoisotopic (exact) mass is 418 g/mol. The zero-order valence-corrected chi connectivity index (χ0v) is 17.1. The van der Waals surface area contributed by atoms with Crippen molar-refractivity contribution >= 4 is 23.7 Å². The Morgan fingerprint density at radius 1 is 1.29 bits per heavy atom. The highest BCUT2D eigenvalue weighted by Gasteiger charge is 2.29. The first-order chi connectivity index (χ1) is 15.0. The van der Waals surface area contributed by atoms with Crippen molar-refractivity contribution in [1.82, 2.24) is 19.9 Å². The highest BCUT2D eigenvalue weighted by atomic mass is 16.2. The Kier molecular flexibility index (Phi) is 7.20. The lowest BCUT2D eigenvalue weighted by Crippen LogP contribution is -2.35. The molecular formula is C21H22N8O2. The largest absolute Gasteiger partial charge is 0.378 e. The molecule has 0 spiro atoms. The summed E-state index contributed by atoms with van der Waals surface area (Å²) in [5, 5.41) is 24.2. The summed E-state index contributed by atoms with van der Waals surface area (Å²) in [4.78, 5) is 37.5. The predicted molar refractivity (Wildman–Crippen MR) is 113 cm³/mol. The number of hydrogen-bond donors (Lipinski definition) is 2. The third kappa shape index (κ3) is 6.04. The molecule has 0 aromatic carbocycles. The van der Waals surface area contributed by atoms with Gasteiger partial charge in [-0.3, -0.25) is 14.7 Å². The fourth-order valence-corrected chi connectivity index (χ4v) is 3.00. The van der Waals surface area contributed by atoms with E-state index < -0.39 is 0 Å². The van der Waals surface area contributed by atoms with E-state index in [-0.39, 0.29) is 36.5 Å². The molecule has 2 aromatic heterocycles. The SMILES string of the molecule is CN(CC#N)C[C@H](CC=O)Nc1cc(-c2cnc(NC(=O)C3CC3)cn2)cnc1C#N. The van der Waals surface area contributed by atoms with Gasteiger partial charge in [0, 0.05) is 36.7 Å². The predicted octanol–water partition coefficient (Wildman–Crippen LogP) is 1.58. The minimum absolute atomic E-state index is 0.0452. The van der Waals surface area contributed by atoms with E-state index in [9.17, 15) is 14.9 Å². The van der Waals surface area contributed by atoms with E-state index in [2.05, 4.69) is 31.7 Å². The topological polar surface area (TPSA) is 148 Å². The Labute approximate surface area is 179 Å². The van der Waals surface area contributed by atoms with Gasteiger partial charge < -0.3 is 15.4 Å². The average Bonchev–Trinajstić information content (AvgIpc) is 3.60. The number of carbonyl (C=O) groups is 2. The molecule has 31 heavy (non-hydrogen) atoms. The Bertz CT molecular complexity index is 1020. The minimum Gasteiger partial charge on any atom is -0.378 e. The van der Waals surface area contributed by atoms with Gasteiger partial charge in [0.25, 0.3) is 0 Å². The maximum atomic E-state index is 11.8. The van der Waals surface area contributed by atoms with Gasteiger partial charge in [0.1, 0.15) is 12.4 Å². The van der Waals surface area contributed by atoms with Crippen LogP contribution in [0.3, 0.4) is 0 Å². The molecule has 158 valence electrons. The lowest BCUT2D eigenvalue weighted by molar-refractivity contribution is -0.117. The number of amides is 1. The first-order valence-electron chi connectivity index (χ1n) is 9.83. The average molecular weight is 418 g/mol. The normalized spacial score (nSPS) is 13.7. The Morgan fingerprint density at radius 3 is 2.71 bits per heavy atom. The summed E-state index contributed by atoms with van der Waals surface area (Å²) < 4.78 is 0. The molecule has 1 aliphatic rings. The highest BCUT2D eigenvalue weighted by molar-refractivity contribution is 5.93. The summed E-state index contributed by atoms with van der Waals surface area (Å²) in [6.45, 7) is 0.663. The summed E-state index contributed by atoms with van der Waals surface area (Å²) in [5.74, 6) is 0.410. The molecular weight excluding hydrogens is 396 g/mol. The number of hydrogen-bond acceptors (Lipinski definition) is 9. The molecule has 1 aliphatic carbocycles. The molecule has 2 heterocycles. The molecule has 0 saturated heterocycles. The molecule has 2 aromatic rings. The molecule has 2 N–H and O–H groups in total. The molecule has 10 heteroatoms. The van der Waals surface area contributed by atoms with Crippen LogP contribution in [0.5, 0.6) is 0 Å². The van der Waals surface area contributed by atoms with E-state index in [1.807, 2.05) is 6.07 Å². The number of nitrogens with one attached hydrogen (secondary N) is 2. The van der Waals surface area contributed by atoms with Crippen molar-refractivity contribution < 1.29 is 9.59 Å². The smallest absolute Gasteiger partial charge is 0.228 e. The Morgan fingerprint density at radius 2 is 2.10 bits per heavy atom. The number of nitrogens with zero attached hydrogens (tertiary/aromatic N) is 6. The van der Waals surface area contributed by atoms with Gasteiger partial charge in [-0.1, -0.05) is 0 Å². The van der Waals surface area contributed by atoms with E-state index in [4.69, 9.17) is 5.26 Å². The van der Waals surface area contributed by atoms with Gasteiger partial charge in [-0.25, -0.2) is 9.97 Å². The van der Waals surface area contributed by atoms with Crippen LogP contribution in [-0.2, 0) is 9.59 Å². The van der Waals surface area contributed by atoms with Crippen molar-refractivity contribution in [2.45, 2.75) is 25.3 Å². The van der Waals surface area contributed by atoms with E-state index in [0.29, 0.717) is 29.3 Å². The zero-order valence-electron chi connectivity index (χ0n) is 17.1. The van der Waals surface area contributed by atoms with Crippen molar-refractivity contribution in [2.75, 3.05) is 30.8 Å². The molecule has 1 saturated carbocycles. The molecule has 1 fully saturated rings. The second kappa shape index (κ2) is 10.2. The van der Waals surface area contributed by atoms with Gasteiger partial charge in [-0.05, 0) is 26.0 Å². The first-order valence-corrected chi connectivity index (χ1v) is 9.83. The maximum Gasteiger partial charge on any atom is 0.228 e. The first kappa shape index (κ1) is 21.8. The molecule has 1 atom stereocenters. The molecule has 3 rings (SSSR count). The number of aromatic nitrogens is 3. The number of rotatable bonds is 10. The van der Waals surface area contributed by atoms with Gasteiger partial charge in [0.15, 0.2) is 11.5 Å². The second-order valence-corrected chi connectivity index (χ2v) is 7.38. The van der Waals surface area contributed by atoms with Crippen molar-refractivity contribution in [2.24, 2.45) is 5.92 Å². The van der Waals surface area contributed by atoms with Gasteiger partial charge >= 0.3 is 0 Å². The number of anilines is 2. The number of aldehydes is 1. The van der Waals surface area contributed by atoms with Crippen LogP contribution in [0.25, 0.3) is 11.3 Å². The molecule has 0 unspecified atom stereocenters. The quantitative estimate of drug-likeness (QED) is 0.433. The van der Waals surface area contributed by atoms with Crippen LogP contribution in [0.15, 0.2) is 24.7 Å². The molecule has 10 nitrogen and oxygen atoms in total. The van der Waals surface area contributed by atoms with E-state index >= 15 is 0 Å². The lowest BCUT2D eigenvalue weighted by atomic mass is 10.1. The fraction of sp³-hybridized carbons (Fsp3) is 0.381. The van der Waals surface area contributed by atoms with Crippen LogP contribution >= 0.6 is 0 Å². The molecule has 1 amide bonds. The Hall–Kier alpha value is -3.89. The highest BCUT2D eigenvalue weighted by Crippen LogP contribution is 2.30. The van der Waals surface area contributed by atoms with E-state index in [1.165, 1.54) is 18.6 Å². The zero-order chi connectivity index (χ0) is 22.2. The number of nitriles is 2. The van der Waals surface area contributed by atoms with Crippen molar-refractivity contribution in [1.29, 1.82) is 10.5 Å². The molecule has 0 radical (unpaired) electrons. The number of pyridine rings is 1. The van der Waals surface area contributed by atoms with Gasteiger partial charge in [-0.15, -0.1) is 0 Å². The van der Waals surface area contributed by atoms with Gasteiger partial charge in [-0.2, -0.15) is 10.5 Å². The van der Waals surface area contributed by atoms with Crippen LogP contribution in [0.2, 0.25) is 0 Å². The van der Waals surface area contributed by atoms with Crippen molar-refractivity contribution in [3.05, 3.63) is 30.4 Å². The van der Waals surface area contributed by atoms with Crippen LogP contribution in [0.1, 0.15) is 25.0 Å². The summed E-state index contributed by atoms with van der Waals surface area (Å²) >= 11 is 0. The second-order valence-electron chi connectivity index (χ2n) is 7.38. The minimum atomic E-state index is -0.300. The molecule has 0 aliphatic heterocycles. The third-order valence-corrected chi connectivity index (χ3v) is 4.75. The van der Waals surface area contributed by atoms with Crippen LogP contribution in [0, 0.1) is 28.6 Å². The number of likely N-dealkylation sites (N-methyl/N-ethyl adjacent to an activating group) is 1. The van der Waals surface area contributed by atoms with Gasteiger partial charge in [0.2, 0.25) is 5.91 Å². The van der Waals surface area contributed by atoms with Crippen LogP contribution < -0.4 is 10.6 Å². The van der Waals surface area contributed by atoms with E-state index in [1.54, 1.807) is 18.0 Å². The fourth-order valence-electron chi connectivity index (χ4n) is 3.00. The standard InChI is InChI=1S/C21H22N8O2/c1-29(6-5-22)13-16(4-7-30)27-17-8-15(10-24-18(17)9-23)19-11-26-20(12-25-19)28-21(31)14-2-3-14/h7-8,10-12,14,16,27H,2-4,6,13H2,1H3,(H,26,28,31)/t16-/m0/s1. The van der Waals surface area contributed by atoms with Crippen LogP contribution in [-0.4, -0.2) is 58.2 Å². The molecule has 0 bridgehead atoms. The summed E-state index contributed by atoms with van der Waals surface area (Å²) in [6.07, 6.45) is 7.34. The van der Waals surface area contributed by atoms with E-state index in [0.717, 1.165) is 19.1 Å². The lowest BCUT2D eigenvalue weighted by Gasteiger charge is -2.23. The maximum absolute atomic E-state index is 11.8. The Balaban J connectivity index is 1.77.